The average molecular weight is 479 g/mol. The van der Waals surface area contributed by atoms with E-state index in [9.17, 15) is 9.59 Å². The van der Waals surface area contributed by atoms with Crippen molar-refractivity contribution < 1.29 is 28.2 Å². The molecule has 2 aromatic carbocycles. The summed E-state index contributed by atoms with van der Waals surface area (Å²) in [5, 5.41) is 0. The maximum Gasteiger partial charge on any atom is 0.312 e. The minimum Gasteiger partial charge on any atom is -0.487 e. The number of carbonyl (C=O) groups is 2. The van der Waals surface area contributed by atoms with Crippen molar-refractivity contribution in [2.75, 3.05) is 0 Å². The number of ether oxygens (including phenoxy) is 3. The smallest absolute Gasteiger partial charge is 0.312 e. The molecule has 4 heterocycles. The maximum absolute atomic E-state index is 13.2. The lowest BCUT2D eigenvalue weighted by Crippen LogP contribution is -2.22. The van der Waals surface area contributed by atoms with Crippen LogP contribution in [0.5, 0.6) is 17.2 Å². The Morgan fingerprint density at radius 3 is 2.67 bits per heavy atom. The van der Waals surface area contributed by atoms with Crippen LogP contribution >= 0.6 is 0 Å². The third-order valence-electron chi connectivity index (χ3n) is 6.21. The zero-order chi connectivity index (χ0) is 24.6. The molecule has 0 fully saturated rings. The van der Waals surface area contributed by atoms with Crippen molar-refractivity contribution in [2.24, 2.45) is 0 Å². The molecule has 36 heavy (non-hydrogen) atoms. The first-order chi connectivity index (χ1) is 17.6. The Labute approximate surface area is 206 Å². The second kappa shape index (κ2) is 8.85. The number of carbonyl (C=O) groups excluding carboxylic acids is 2. The number of nitrogens with zero attached hydrogens (tertiary/aromatic N) is 1. The molecule has 0 unspecified atom stereocenters. The van der Waals surface area contributed by atoms with E-state index in [2.05, 4.69) is 4.98 Å². The molecule has 2 aromatic heterocycles. The minimum absolute atomic E-state index is 0.0847. The number of pyridine rings is 1. The van der Waals surface area contributed by atoms with Gasteiger partial charge in [-0.3, -0.25) is 14.6 Å². The number of fused-ring (bicyclic) bond motifs is 3. The van der Waals surface area contributed by atoms with Crippen molar-refractivity contribution in [3.63, 3.8) is 0 Å². The Hall–Kier alpha value is -4.65. The molecule has 2 aliphatic heterocycles. The molecule has 0 amide bonds. The first-order valence-electron chi connectivity index (χ1n) is 11.6. The fraction of sp³-hybridized carbons (Fsp3) is 0.138. The number of furan rings is 1. The van der Waals surface area contributed by atoms with Crippen LogP contribution in [0.3, 0.4) is 0 Å². The van der Waals surface area contributed by atoms with E-state index >= 15 is 0 Å². The van der Waals surface area contributed by atoms with E-state index in [-0.39, 0.29) is 30.5 Å². The van der Waals surface area contributed by atoms with Gasteiger partial charge in [0.25, 0.3) is 0 Å². The highest BCUT2D eigenvalue weighted by Gasteiger charge is 2.39. The highest BCUT2D eigenvalue weighted by atomic mass is 16.5. The van der Waals surface area contributed by atoms with E-state index < -0.39 is 5.92 Å². The third-order valence-corrected chi connectivity index (χ3v) is 6.21. The van der Waals surface area contributed by atoms with Gasteiger partial charge in [-0.05, 0) is 49.4 Å². The van der Waals surface area contributed by atoms with Gasteiger partial charge in [0.15, 0.2) is 5.76 Å². The molecule has 2 aliphatic rings. The highest BCUT2D eigenvalue weighted by Crippen LogP contribution is 2.50. The molecule has 0 saturated heterocycles. The van der Waals surface area contributed by atoms with Gasteiger partial charge in [0.2, 0.25) is 5.78 Å². The highest BCUT2D eigenvalue weighted by molar-refractivity contribution is 6.15. The number of Topliss-reactive ketones (excluding diaryl/α,β-unsaturated/α-hetero) is 1. The van der Waals surface area contributed by atoms with Gasteiger partial charge in [-0.2, -0.15) is 0 Å². The van der Waals surface area contributed by atoms with Crippen molar-refractivity contribution in [3.8, 4) is 17.2 Å². The number of ketones is 1. The summed E-state index contributed by atoms with van der Waals surface area (Å²) in [5.41, 5.74) is 2.65. The maximum atomic E-state index is 13.2. The van der Waals surface area contributed by atoms with Crippen LogP contribution in [0.25, 0.3) is 6.08 Å². The van der Waals surface area contributed by atoms with E-state index in [0.29, 0.717) is 34.1 Å². The zero-order valence-corrected chi connectivity index (χ0v) is 19.4. The lowest BCUT2D eigenvalue weighted by atomic mass is 9.84. The summed E-state index contributed by atoms with van der Waals surface area (Å²) in [5.74, 6) is 1.76. The zero-order valence-electron chi connectivity index (χ0n) is 19.4. The number of hydrogen-bond acceptors (Lipinski definition) is 7. The normalized spacial score (nSPS) is 17.4. The monoisotopic (exact) mass is 479 g/mol. The molecule has 0 N–H and O–H groups in total. The summed E-state index contributed by atoms with van der Waals surface area (Å²) in [6.45, 7) is 2.11. The SMILES string of the molecule is Cc1ccc(/C=C2\Oc3c(ccc4c3[C@@H](c3ccccc3OCc3ccccn3)CC(=O)O4)C2=O)o1. The molecule has 6 rings (SSSR count). The molecule has 0 radical (unpaired) electrons. The Bertz CT molecular complexity index is 1520. The molecule has 4 aromatic rings. The van der Waals surface area contributed by atoms with Crippen LogP contribution in [0.2, 0.25) is 0 Å². The summed E-state index contributed by atoms with van der Waals surface area (Å²) < 4.78 is 23.4. The number of esters is 1. The third kappa shape index (κ3) is 3.94. The van der Waals surface area contributed by atoms with Gasteiger partial charge in [-0.25, -0.2) is 0 Å². The predicted octanol–water partition coefficient (Wildman–Crippen LogP) is 5.62. The quantitative estimate of drug-likeness (QED) is 0.209. The van der Waals surface area contributed by atoms with Gasteiger partial charge in [-0.15, -0.1) is 0 Å². The van der Waals surface area contributed by atoms with E-state index in [1.165, 1.54) is 0 Å². The van der Waals surface area contributed by atoms with Gasteiger partial charge >= 0.3 is 5.97 Å². The molecule has 0 bridgehead atoms. The first kappa shape index (κ1) is 21.9. The largest absolute Gasteiger partial charge is 0.487 e. The number of rotatable bonds is 5. The second-order valence-corrected chi connectivity index (χ2v) is 8.62. The number of allylic oxidation sites excluding steroid dienone is 1. The average Bonchev–Trinajstić information content (AvgIpc) is 3.45. The van der Waals surface area contributed by atoms with Gasteiger partial charge < -0.3 is 18.6 Å². The van der Waals surface area contributed by atoms with Crippen LogP contribution in [-0.2, 0) is 11.4 Å². The minimum atomic E-state index is -0.422. The van der Waals surface area contributed by atoms with Gasteiger partial charge in [0, 0.05) is 29.3 Å². The summed E-state index contributed by atoms with van der Waals surface area (Å²) in [7, 11) is 0. The Morgan fingerprint density at radius 1 is 1.00 bits per heavy atom. The Kier molecular flexibility index (Phi) is 5.37. The predicted molar refractivity (Wildman–Crippen MR) is 130 cm³/mol. The molecular weight excluding hydrogens is 458 g/mol. The number of aromatic nitrogens is 1. The van der Waals surface area contributed by atoms with E-state index in [0.717, 1.165) is 17.0 Å². The first-order valence-corrected chi connectivity index (χ1v) is 11.6. The molecule has 7 heteroatoms. The van der Waals surface area contributed by atoms with Gasteiger partial charge in [-0.1, -0.05) is 24.3 Å². The summed E-state index contributed by atoms with van der Waals surface area (Å²) in [6.07, 6.45) is 3.38. The molecule has 7 nitrogen and oxygen atoms in total. The Balaban J connectivity index is 1.40. The van der Waals surface area contributed by atoms with E-state index in [1.807, 2.05) is 55.5 Å². The number of para-hydroxylation sites is 1. The summed E-state index contributed by atoms with van der Waals surface area (Å²) in [4.78, 5) is 30.0. The van der Waals surface area contributed by atoms with Crippen molar-refractivity contribution in [3.05, 3.63) is 113 Å². The molecule has 0 aliphatic carbocycles. The number of aryl methyl sites for hydroxylation is 1. The topological polar surface area (TPSA) is 87.9 Å². The van der Waals surface area contributed by atoms with E-state index in [4.69, 9.17) is 18.6 Å². The van der Waals surface area contributed by atoms with Crippen LogP contribution in [0.4, 0.5) is 0 Å². The lowest BCUT2D eigenvalue weighted by molar-refractivity contribution is -0.135. The van der Waals surface area contributed by atoms with Crippen molar-refractivity contribution >= 4 is 17.8 Å². The molecule has 0 saturated carbocycles. The second-order valence-electron chi connectivity index (χ2n) is 8.62. The van der Waals surface area contributed by atoms with Gasteiger partial charge in [0.05, 0.1) is 17.7 Å². The van der Waals surface area contributed by atoms with Crippen molar-refractivity contribution in [1.82, 2.24) is 4.98 Å². The van der Waals surface area contributed by atoms with Crippen LogP contribution in [-0.4, -0.2) is 16.7 Å². The number of benzene rings is 2. The van der Waals surface area contributed by atoms with Crippen molar-refractivity contribution in [2.45, 2.75) is 25.9 Å². The van der Waals surface area contributed by atoms with Crippen LogP contribution in [0.1, 0.15) is 51.0 Å². The fourth-order valence-corrected chi connectivity index (χ4v) is 4.57. The lowest BCUT2D eigenvalue weighted by Gasteiger charge is -2.27. The van der Waals surface area contributed by atoms with Crippen LogP contribution < -0.4 is 14.2 Å². The molecule has 178 valence electrons. The Morgan fingerprint density at radius 2 is 1.86 bits per heavy atom. The standard InChI is InChI=1S/C29H21NO6/c1-17-9-10-19(34-17)14-25-28(32)21-11-12-24-27(29(21)36-25)22(15-26(31)35-24)20-7-2-3-8-23(20)33-16-18-6-4-5-13-30-18/h2-14,22H,15-16H2,1H3/b25-14-/t22-/m1/s1. The summed E-state index contributed by atoms with van der Waals surface area (Å²) in [6, 6.07) is 20.0. The molecular formula is C29H21NO6. The van der Waals surface area contributed by atoms with Crippen molar-refractivity contribution in [1.29, 1.82) is 0 Å². The van der Waals surface area contributed by atoms with Crippen LogP contribution in [0.15, 0.2) is 83.1 Å². The molecule has 1 atom stereocenters. The number of hydrogen-bond donors (Lipinski definition) is 0. The fourth-order valence-electron chi connectivity index (χ4n) is 4.57. The van der Waals surface area contributed by atoms with Crippen LogP contribution in [0, 0.1) is 6.92 Å². The van der Waals surface area contributed by atoms with E-state index in [1.54, 1.807) is 30.5 Å². The summed E-state index contributed by atoms with van der Waals surface area (Å²) >= 11 is 0. The molecule has 0 spiro atoms. The van der Waals surface area contributed by atoms with Gasteiger partial charge in [0.1, 0.15) is 35.4 Å².